The maximum atomic E-state index is 13.2. The Balaban J connectivity index is 2.51. The van der Waals surface area contributed by atoms with Gasteiger partial charge < -0.3 is 0 Å². The van der Waals surface area contributed by atoms with Gasteiger partial charge in [0.25, 0.3) is 0 Å². The minimum Gasteiger partial charge on any atom is -0.292 e. The third-order valence-electron chi connectivity index (χ3n) is 2.86. The highest BCUT2D eigenvalue weighted by atomic mass is 19.1. The fraction of sp³-hybridized carbons (Fsp3) is 0.214. The van der Waals surface area contributed by atoms with Crippen LogP contribution in [0.5, 0.6) is 0 Å². The van der Waals surface area contributed by atoms with Crippen molar-refractivity contribution in [2.24, 2.45) is 0 Å². The Hall–Kier alpha value is -2.48. The van der Waals surface area contributed by atoms with Crippen LogP contribution in [0.15, 0.2) is 29.1 Å². The molecule has 0 atom stereocenters. The smallest absolute Gasteiger partial charge is 0.292 e. The molecule has 1 aromatic heterocycles. The van der Waals surface area contributed by atoms with Crippen LogP contribution >= 0.6 is 0 Å². The van der Waals surface area contributed by atoms with E-state index in [9.17, 15) is 9.18 Å². The summed E-state index contributed by atoms with van der Waals surface area (Å²) in [5.41, 5.74) is 1.79. The van der Waals surface area contributed by atoms with Crippen molar-refractivity contribution in [3.05, 3.63) is 63.1 Å². The number of benzene rings is 1. The minimum atomic E-state index is -0.431. The highest BCUT2D eigenvalue weighted by Crippen LogP contribution is 2.12. The molecule has 1 heterocycles. The molecule has 1 aromatic carbocycles. The maximum Gasteiger partial charge on any atom is 0.348 e. The van der Waals surface area contributed by atoms with Gasteiger partial charge in [-0.05, 0) is 43.7 Å². The Kier molecular flexibility index (Phi) is 3.43. The van der Waals surface area contributed by atoms with Crippen LogP contribution in [-0.2, 0) is 6.54 Å². The predicted molar refractivity (Wildman–Crippen MR) is 68.2 cm³/mol. The van der Waals surface area contributed by atoms with Crippen LogP contribution in [0.2, 0.25) is 0 Å². The number of rotatable bonds is 2. The summed E-state index contributed by atoms with van der Waals surface area (Å²) in [6.45, 7) is 3.65. The summed E-state index contributed by atoms with van der Waals surface area (Å²) in [5.74, 6) is -0.431. The summed E-state index contributed by atoms with van der Waals surface area (Å²) < 4.78 is 14.7. The largest absolute Gasteiger partial charge is 0.348 e. The first-order valence-corrected chi connectivity index (χ1v) is 5.75. The van der Waals surface area contributed by atoms with Gasteiger partial charge in [-0.25, -0.2) is 9.18 Å². The monoisotopic (exact) mass is 257 g/mol. The van der Waals surface area contributed by atoms with Crippen molar-refractivity contribution in [1.29, 1.82) is 5.26 Å². The summed E-state index contributed by atoms with van der Waals surface area (Å²) in [7, 11) is 0. The lowest BCUT2D eigenvalue weighted by Gasteiger charge is -2.11. The SMILES string of the molecule is Cc1cc(C)n(Cc2cc(F)ccc2C#N)c(=O)n1. The van der Waals surface area contributed by atoms with E-state index in [1.807, 2.05) is 6.07 Å². The van der Waals surface area contributed by atoms with Crippen LogP contribution in [-0.4, -0.2) is 9.55 Å². The van der Waals surface area contributed by atoms with E-state index in [-0.39, 0.29) is 6.54 Å². The fourth-order valence-electron chi connectivity index (χ4n) is 1.94. The van der Waals surface area contributed by atoms with Gasteiger partial charge in [0.2, 0.25) is 0 Å². The number of hydrogen-bond donors (Lipinski definition) is 0. The molecule has 0 bridgehead atoms. The third kappa shape index (κ3) is 2.68. The molecule has 0 N–H and O–H groups in total. The Bertz CT molecular complexity index is 728. The van der Waals surface area contributed by atoms with Gasteiger partial charge in [-0.15, -0.1) is 0 Å². The predicted octanol–water partition coefficient (Wildman–Crippen LogP) is 1.92. The molecule has 0 aliphatic heterocycles. The van der Waals surface area contributed by atoms with Crippen molar-refractivity contribution in [2.75, 3.05) is 0 Å². The fourth-order valence-corrected chi connectivity index (χ4v) is 1.94. The van der Waals surface area contributed by atoms with Crippen LogP contribution in [0.3, 0.4) is 0 Å². The molecule has 5 heteroatoms. The second kappa shape index (κ2) is 5.02. The van der Waals surface area contributed by atoms with Gasteiger partial charge in [0.1, 0.15) is 5.82 Å². The van der Waals surface area contributed by atoms with E-state index in [0.29, 0.717) is 16.8 Å². The van der Waals surface area contributed by atoms with E-state index in [0.717, 1.165) is 5.69 Å². The molecule has 0 radical (unpaired) electrons. The van der Waals surface area contributed by atoms with E-state index in [2.05, 4.69) is 4.98 Å². The zero-order valence-electron chi connectivity index (χ0n) is 10.6. The van der Waals surface area contributed by atoms with E-state index in [1.54, 1.807) is 19.9 Å². The molecule has 19 heavy (non-hydrogen) atoms. The Morgan fingerprint density at radius 2 is 2.11 bits per heavy atom. The Labute approximate surface area is 109 Å². The first kappa shape index (κ1) is 13.0. The molecule has 2 rings (SSSR count). The highest BCUT2D eigenvalue weighted by Gasteiger charge is 2.08. The number of hydrogen-bond acceptors (Lipinski definition) is 3. The summed E-state index contributed by atoms with van der Waals surface area (Å²) in [5, 5.41) is 8.99. The molecule has 2 aromatic rings. The lowest BCUT2D eigenvalue weighted by Crippen LogP contribution is -2.26. The molecule has 0 amide bonds. The standard InChI is InChI=1S/C14H12FN3O/c1-9-5-10(2)18(14(19)17-9)8-12-6-13(15)4-3-11(12)7-16/h3-6H,8H2,1-2H3. The van der Waals surface area contributed by atoms with Crippen molar-refractivity contribution in [3.63, 3.8) is 0 Å². The van der Waals surface area contributed by atoms with Crippen LogP contribution in [0.4, 0.5) is 4.39 Å². The van der Waals surface area contributed by atoms with Gasteiger partial charge in [0.15, 0.2) is 0 Å². The number of aryl methyl sites for hydroxylation is 2. The molecule has 4 nitrogen and oxygen atoms in total. The summed E-state index contributed by atoms with van der Waals surface area (Å²) in [6, 6.07) is 7.67. The molecule has 96 valence electrons. The maximum absolute atomic E-state index is 13.2. The summed E-state index contributed by atoms with van der Waals surface area (Å²) >= 11 is 0. The molecular formula is C14H12FN3O. The summed E-state index contributed by atoms with van der Waals surface area (Å²) in [6.07, 6.45) is 0. The molecule has 0 unspecified atom stereocenters. The average Bonchev–Trinajstić information content (AvgIpc) is 2.34. The van der Waals surface area contributed by atoms with Gasteiger partial charge in [-0.1, -0.05) is 0 Å². The first-order chi connectivity index (χ1) is 9.01. The number of nitriles is 1. The van der Waals surface area contributed by atoms with Crippen LogP contribution < -0.4 is 5.69 Å². The number of halogens is 1. The van der Waals surface area contributed by atoms with E-state index >= 15 is 0 Å². The van der Waals surface area contributed by atoms with Crippen LogP contribution in [0.1, 0.15) is 22.5 Å². The van der Waals surface area contributed by atoms with E-state index in [4.69, 9.17) is 5.26 Å². The first-order valence-electron chi connectivity index (χ1n) is 5.75. The van der Waals surface area contributed by atoms with Crippen LogP contribution in [0.25, 0.3) is 0 Å². The number of aromatic nitrogens is 2. The highest BCUT2D eigenvalue weighted by molar-refractivity contribution is 5.38. The Morgan fingerprint density at radius 1 is 1.37 bits per heavy atom. The number of nitrogens with zero attached hydrogens (tertiary/aromatic N) is 3. The van der Waals surface area contributed by atoms with Crippen molar-refractivity contribution in [2.45, 2.75) is 20.4 Å². The quantitative estimate of drug-likeness (QED) is 0.825. The second-order valence-corrected chi connectivity index (χ2v) is 4.32. The van der Waals surface area contributed by atoms with Gasteiger partial charge in [-0.2, -0.15) is 10.2 Å². The van der Waals surface area contributed by atoms with Crippen molar-refractivity contribution >= 4 is 0 Å². The van der Waals surface area contributed by atoms with Crippen LogP contribution in [0, 0.1) is 31.0 Å². The molecule has 0 saturated carbocycles. The van der Waals surface area contributed by atoms with E-state index in [1.165, 1.54) is 22.8 Å². The Morgan fingerprint density at radius 3 is 2.74 bits per heavy atom. The van der Waals surface area contributed by atoms with Gasteiger partial charge in [0, 0.05) is 11.4 Å². The summed E-state index contributed by atoms with van der Waals surface area (Å²) in [4.78, 5) is 15.7. The van der Waals surface area contributed by atoms with Crippen molar-refractivity contribution in [1.82, 2.24) is 9.55 Å². The van der Waals surface area contributed by atoms with Gasteiger partial charge >= 0.3 is 5.69 Å². The minimum absolute atomic E-state index is 0.137. The topological polar surface area (TPSA) is 58.7 Å². The lowest BCUT2D eigenvalue weighted by molar-refractivity contribution is 0.620. The molecule has 0 aliphatic carbocycles. The molecule has 0 spiro atoms. The molecule has 0 saturated heterocycles. The molecule has 0 aliphatic rings. The average molecular weight is 257 g/mol. The normalized spacial score (nSPS) is 10.2. The third-order valence-corrected chi connectivity index (χ3v) is 2.86. The molecular weight excluding hydrogens is 245 g/mol. The lowest BCUT2D eigenvalue weighted by atomic mass is 10.1. The molecule has 0 fully saturated rings. The van der Waals surface area contributed by atoms with Gasteiger partial charge in [-0.3, -0.25) is 4.57 Å². The zero-order valence-corrected chi connectivity index (χ0v) is 10.6. The second-order valence-electron chi connectivity index (χ2n) is 4.32. The van der Waals surface area contributed by atoms with E-state index < -0.39 is 11.5 Å². The van der Waals surface area contributed by atoms with Crippen molar-refractivity contribution < 1.29 is 4.39 Å². The van der Waals surface area contributed by atoms with Gasteiger partial charge in [0.05, 0.1) is 18.2 Å². The zero-order chi connectivity index (χ0) is 14.0. The van der Waals surface area contributed by atoms with Crippen molar-refractivity contribution in [3.8, 4) is 6.07 Å².